The molecule has 1 N–H and O–H groups in total. The molecule has 8 nitrogen and oxygen atoms in total. The number of nitrogens with zero attached hydrogens (tertiary/aromatic N) is 5. The molecular weight excluding hydrogens is 400 g/mol. The van der Waals surface area contributed by atoms with Gasteiger partial charge in [-0.3, -0.25) is 14.7 Å². The third kappa shape index (κ3) is 2.88. The average Bonchev–Trinajstić information content (AvgIpc) is 3.05. The second kappa shape index (κ2) is 6.52. The number of fused-ring (bicyclic) bond motifs is 1. The van der Waals surface area contributed by atoms with Gasteiger partial charge in [0.25, 0.3) is 0 Å². The second-order valence-electron chi connectivity index (χ2n) is 5.39. The Kier molecular flexibility index (Phi) is 4.05. The molecule has 0 spiro atoms. The second-order valence-corrected chi connectivity index (χ2v) is 6.31. The van der Waals surface area contributed by atoms with Crippen LogP contribution in [-0.2, 0) is 0 Å². The van der Waals surface area contributed by atoms with Crippen LogP contribution in [0.4, 0.5) is 17.2 Å². The number of rotatable bonds is 4. The van der Waals surface area contributed by atoms with Crippen molar-refractivity contribution in [2.75, 3.05) is 5.32 Å². The average molecular weight is 411 g/mol. The third-order valence-corrected chi connectivity index (χ3v) is 4.25. The lowest BCUT2D eigenvalue weighted by atomic mass is 10.3. The van der Waals surface area contributed by atoms with Crippen molar-refractivity contribution >= 4 is 44.2 Å². The topological polar surface area (TPSA) is 98.8 Å². The molecule has 0 radical (unpaired) electrons. The molecule has 9 heteroatoms. The van der Waals surface area contributed by atoms with Crippen LogP contribution in [0.3, 0.4) is 0 Å². The van der Waals surface area contributed by atoms with Crippen molar-refractivity contribution in [2.45, 2.75) is 0 Å². The molecule has 2 aromatic carbocycles. The molecule has 0 saturated carbocycles. The monoisotopic (exact) mass is 410 g/mol. The summed E-state index contributed by atoms with van der Waals surface area (Å²) in [6.07, 6.45) is 2.81. The number of halogens is 1. The zero-order valence-electron chi connectivity index (χ0n) is 13.2. The van der Waals surface area contributed by atoms with E-state index in [-0.39, 0.29) is 17.3 Å². The van der Waals surface area contributed by atoms with Gasteiger partial charge < -0.3 is 5.32 Å². The van der Waals surface area contributed by atoms with Gasteiger partial charge in [-0.15, -0.1) is 0 Å². The summed E-state index contributed by atoms with van der Waals surface area (Å²) in [5.41, 5.74) is 1.89. The Morgan fingerprint density at radius 1 is 1.08 bits per heavy atom. The highest BCUT2D eigenvalue weighted by Gasteiger charge is 2.25. The minimum Gasteiger partial charge on any atom is -0.334 e. The van der Waals surface area contributed by atoms with Crippen molar-refractivity contribution in [3.8, 4) is 5.82 Å². The van der Waals surface area contributed by atoms with Gasteiger partial charge in [-0.1, -0.05) is 34.1 Å². The molecular formula is C17H11BrN6O2. The maximum Gasteiger partial charge on any atom is 0.354 e. The van der Waals surface area contributed by atoms with Crippen LogP contribution in [-0.4, -0.2) is 24.4 Å². The van der Waals surface area contributed by atoms with E-state index in [1.54, 1.807) is 16.7 Å². The van der Waals surface area contributed by atoms with Gasteiger partial charge in [-0.25, -0.2) is 15.0 Å². The predicted octanol–water partition coefficient (Wildman–Crippen LogP) is 4.23. The highest BCUT2D eigenvalue weighted by Crippen LogP contribution is 2.32. The number of nitrogens with one attached hydrogen (secondary N) is 1. The number of nitro groups is 1. The smallest absolute Gasteiger partial charge is 0.334 e. The van der Waals surface area contributed by atoms with Gasteiger partial charge in [0.1, 0.15) is 12.7 Å². The van der Waals surface area contributed by atoms with Gasteiger partial charge >= 0.3 is 5.69 Å². The molecule has 26 heavy (non-hydrogen) atoms. The number of hydrogen-bond acceptors (Lipinski definition) is 6. The van der Waals surface area contributed by atoms with E-state index in [4.69, 9.17) is 0 Å². The first-order valence-electron chi connectivity index (χ1n) is 7.58. The lowest BCUT2D eigenvalue weighted by Crippen LogP contribution is -2.07. The van der Waals surface area contributed by atoms with E-state index in [0.29, 0.717) is 5.69 Å². The lowest BCUT2D eigenvalue weighted by molar-refractivity contribution is -0.384. The fourth-order valence-electron chi connectivity index (χ4n) is 2.64. The molecule has 0 aliphatic rings. The number of benzene rings is 2. The SMILES string of the molecule is O=[N+]([O-])c1c(Nc2cccc(Br)c2)ncnc1-n1cnc2ccccc21. The van der Waals surface area contributed by atoms with Crippen LogP contribution >= 0.6 is 15.9 Å². The van der Waals surface area contributed by atoms with Crippen LogP contribution < -0.4 is 5.32 Å². The number of anilines is 2. The van der Waals surface area contributed by atoms with Crippen LogP contribution in [0.5, 0.6) is 0 Å². The Balaban J connectivity index is 1.87. The molecule has 0 saturated heterocycles. The summed E-state index contributed by atoms with van der Waals surface area (Å²) in [4.78, 5) is 23.7. The molecule has 128 valence electrons. The number of aromatic nitrogens is 4. The van der Waals surface area contributed by atoms with Gasteiger partial charge in [0.15, 0.2) is 0 Å². The van der Waals surface area contributed by atoms with Crippen molar-refractivity contribution < 1.29 is 4.92 Å². The molecule has 2 heterocycles. The van der Waals surface area contributed by atoms with Crippen LogP contribution in [0.2, 0.25) is 0 Å². The third-order valence-electron chi connectivity index (χ3n) is 3.75. The summed E-state index contributed by atoms with van der Waals surface area (Å²) in [7, 11) is 0. The number of imidazole rings is 1. The fourth-order valence-corrected chi connectivity index (χ4v) is 3.04. The lowest BCUT2D eigenvalue weighted by Gasteiger charge is -2.09. The summed E-state index contributed by atoms with van der Waals surface area (Å²) in [5, 5.41) is 14.8. The summed E-state index contributed by atoms with van der Waals surface area (Å²) in [5.74, 6) is 0.257. The van der Waals surface area contributed by atoms with Crippen LogP contribution in [0.1, 0.15) is 0 Å². The van der Waals surface area contributed by atoms with E-state index in [9.17, 15) is 10.1 Å². The Bertz CT molecular complexity index is 1130. The maximum absolute atomic E-state index is 11.8. The minimum absolute atomic E-state index is 0.107. The van der Waals surface area contributed by atoms with E-state index >= 15 is 0 Å². The van der Waals surface area contributed by atoms with E-state index in [1.165, 1.54) is 12.7 Å². The van der Waals surface area contributed by atoms with Crippen molar-refractivity contribution in [3.05, 3.63) is 75.8 Å². The van der Waals surface area contributed by atoms with Gasteiger partial charge in [-0.05, 0) is 30.3 Å². The highest BCUT2D eigenvalue weighted by atomic mass is 79.9. The van der Waals surface area contributed by atoms with Gasteiger partial charge in [-0.2, -0.15) is 0 Å². The van der Waals surface area contributed by atoms with E-state index in [2.05, 4.69) is 36.2 Å². The van der Waals surface area contributed by atoms with Crippen LogP contribution in [0.25, 0.3) is 16.9 Å². The summed E-state index contributed by atoms with van der Waals surface area (Å²) in [6.45, 7) is 0. The predicted molar refractivity (Wildman–Crippen MR) is 101 cm³/mol. The summed E-state index contributed by atoms with van der Waals surface area (Å²) in [6, 6.07) is 14.6. The maximum atomic E-state index is 11.8. The highest BCUT2D eigenvalue weighted by molar-refractivity contribution is 9.10. The number of para-hydroxylation sites is 2. The van der Waals surface area contributed by atoms with Crippen molar-refractivity contribution in [1.29, 1.82) is 0 Å². The van der Waals surface area contributed by atoms with Crippen molar-refractivity contribution in [2.24, 2.45) is 0 Å². The van der Waals surface area contributed by atoms with Gasteiger partial charge in [0.2, 0.25) is 11.6 Å². The standard InChI is InChI=1S/C17H11BrN6O2/c18-11-4-3-5-12(8-11)22-16-15(24(25)26)17(20-9-19-16)23-10-21-13-6-1-2-7-14(13)23/h1-10H,(H,19,20,22). The first kappa shape index (κ1) is 16.2. The zero-order valence-corrected chi connectivity index (χ0v) is 14.8. The molecule has 0 amide bonds. The Hall–Kier alpha value is -3.33. The molecule has 0 atom stereocenters. The Morgan fingerprint density at radius 2 is 1.92 bits per heavy atom. The summed E-state index contributed by atoms with van der Waals surface area (Å²) >= 11 is 3.38. The first-order valence-corrected chi connectivity index (χ1v) is 8.37. The fraction of sp³-hybridized carbons (Fsp3) is 0. The molecule has 4 rings (SSSR count). The molecule has 0 bridgehead atoms. The van der Waals surface area contributed by atoms with E-state index < -0.39 is 4.92 Å². The quantitative estimate of drug-likeness (QED) is 0.399. The van der Waals surface area contributed by atoms with E-state index in [1.807, 2.05) is 36.4 Å². The van der Waals surface area contributed by atoms with Crippen LogP contribution in [0, 0.1) is 10.1 Å². The molecule has 0 aliphatic heterocycles. The Morgan fingerprint density at radius 3 is 2.73 bits per heavy atom. The summed E-state index contributed by atoms with van der Waals surface area (Å²) < 4.78 is 2.43. The molecule has 2 aromatic heterocycles. The zero-order chi connectivity index (χ0) is 18.1. The normalized spacial score (nSPS) is 10.8. The van der Waals surface area contributed by atoms with Crippen LogP contribution in [0.15, 0.2) is 65.7 Å². The molecule has 0 unspecified atom stereocenters. The van der Waals surface area contributed by atoms with E-state index in [0.717, 1.165) is 15.5 Å². The van der Waals surface area contributed by atoms with Crippen molar-refractivity contribution in [1.82, 2.24) is 19.5 Å². The number of hydrogen-bond donors (Lipinski definition) is 1. The largest absolute Gasteiger partial charge is 0.354 e. The van der Waals surface area contributed by atoms with Gasteiger partial charge in [0, 0.05) is 10.2 Å². The van der Waals surface area contributed by atoms with Gasteiger partial charge in [0.05, 0.1) is 16.0 Å². The molecule has 4 aromatic rings. The van der Waals surface area contributed by atoms with Crippen molar-refractivity contribution in [3.63, 3.8) is 0 Å². The first-order chi connectivity index (χ1) is 12.6. The Labute approximate surface area is 155 Å². The molecule has 0 fully saturated rings. The minimum atomic E-state index is -0.496. The molecule has 0 aliphatic carbocycles.